The number of methoxy groups -OCH3 is 1. The highest BCUT2D eigenvalue weighted by Gasteiger charge is 2.11. The van der Waals surface area contributed by atoms with Crippen LogP contribution in [0.2, 0.25) is 0 Å². The second kappa shape index (κ2) is 12.3. The van der Waals surface area contributed by atoms with Crippen LogP contribution in [-0.4, -0.2) is 31.2 Å². The summed E-state index contributed by atoms with van der Waals surface area (Å²) in [6.45, 7) is 0.338. The molecule has 0 saturated carbocycles. The fourth-order valence-corrected chi connectivity index (χ4v) is 2.20. The Balaban J connectivity index is 0.00000364. The Morgan fingerprint density at radius 2 is 2.04 bits per heavy atom. The second-order valence-corrected chi connectivity index (χ2v) is 5.22. The highest BCUT2D eigenvalue weighted by Crippen LogP contribution is 2.26. The van der Waals surface area contributed by atoms with E-state index >= 15 is 0 Å². The minimum Gasteiger partial charge on any atom is -0.497 e. The maximum Gasteiger partial charge on any atom is 0.387 e. The average molecular weight is 492 g/mol. The number of aromatic nitrogens is 1. The number of guanidine groups is 1. The number of halogens is 3. The van der Waals surface area contributed by atoms with Gasteiger partial charge in [-0.1, -0.05) is 6.07 Å². The van der Waals surface area contributed by atoms with Crippen LogP contribution < -0.4 is 20.1 Å². The maximum atomic E-state index is 12.6. The highest BCUT2D eigenvalue weighted by atomic mass is 127. The maximum absolute atomic E-state index is 12.6. The number of rotatable bonds is 8. The molecule has 0 unspecified atom stereocenters. The van der Waals surface area contributed by atoms with Gasteiger partial charge in [-0.15, -0.1) is 24.0 Å². The minimum absolute atomic E-state index is 0. The molecule has 0 atom stereocenters. The van der Waals surface area contributed by atoms with Crippen LogP contribution in [0.4, 0.5) is 8.78 Å². The number of aliphatic imine (C=N–C) groups is 1. The molecule has 0 aliphatic rings. The zero-order valence-corrected chi connectivity index (χ0v) is 17.4. The van der Waals surface area contributed by atoms with Crippen LogP contribution in [0.15, 0.2) is 47.6 Å². The van der Waals surface area contributed by atoms with E-state index in [0.29, 0.717) is 30.4 Å². The molecule has 9 heteroatoms. The molecule has 6 nitrogen and oxygen atoms in total. The van der Waals surface area contributed by atoms with E-state index in [9.17, 15) is 8.78 Å². The summed E-state index contributed by atoms with van der Waals surface area (Å²) in [5.41, 5.74) is 1.36. The van der Waals surface area contributed by atoms with E-state index in [2.05, 4.69) is 25.3 Å². The van der Waals surface area contributed by atoms with Crippen LogP contribution in [0.1, 0.15) is 18.2 Å². The SMILES string of the molecule is CCNC(=NCc1cc(OC)ccc1OC(F)F)NCc1ccccn1.I. The molecular weight excluding hydrogens is 469 g/mol. The number of benzene rings is 1. The molecule has 1 aromatic heterocycles. The molecule has 148 valence electrons. The van der Waals surface area contributed by atoms with Gasteiger partial charge in [0.2, 0.25) is 0 Å². The van der Waals surface area contributed by atoms with Gasteiger partial charge in [0.25, 0.3) is 0 Å². The number of alkyl halides is 2. The van der Waals surface area contributed by atoms with Crippen molar-refractivity contribution in [3.8, 4) is 11.5 Å². The van der Waals surface area contributed by atoms with Gasteiger partial charge in [0.05, 0.1) is 25.9 Å². The van der Waals surface area contributed by atoms with Crippen molar-refractivity contribution >= 4 is 29.9 Å². The molecule has 0 amide bonds. The van der Waals surface area contributed by atoms with E-state index in [1.165, 1.54) is 13.2 Å². The van der Waals surface area contributed by atoms with Crippen LogP contribution in [0.3, 0.4) is 0 Å². The van der Waals surface area contributed by atoms with Crippen molar-refractivity contribution in [3.63, 3.8) is 0 Å². The Morgan fingerprint density at radius 3 is 2.67 bits per heavy atom. The van der Waals surface area contributed by atoms with Crippen molar-refractivity contribution in [2.45, 2.75) is 26.6 Å². The summed E-state index contributed by atoms with van der Waals surface area (Å²) in [4.78, 5) is 8.66. The minimum atomic E-state index is -2.90. The van der Waals surface area contributed by atoms with Crippen molar-refractivity contribution < 1.29 is 18.3 Å². The van der Waals surface area contributed by atoms with Crippen molar-refractivity contribution in [1.29, 1.82) is 0 Å². The first-order chi connectivity index (χ1) is 12.6. The third kappa shape index (κ3) is 7.94. The Bertz CT molecular complexity index is 718. The third-order valence-electron chi connectivity index (χ3n) is 3.40. The quantitative estimate of drug-likeness (QED) is 0.335. The molecule has 27 heavy (non-hydrogen) atoms. The molecule has 0 spiro atoms. The van der Waals surface area contributed by atoms with Crippen molar-refractivity contribution in [2.24, 2.45) is 4.99 Å². The Labute approximate surface area is 174 Å². The molecule has 0 radical (unpaired) electrons. The molecule has 1 heterocycles. The van der Waals surface area contributed by atoms with Crippen LogP contribution >= 0.6 is 24.0 Å². The van der Waals surface area contributed by atoms with E-state index in [-0.39, 0.29) is 36.3 Å². The lowest BCUT2D eigenvalue weighted by atomic mass is 10.2. The zero-order valence-electron chi connectivity index (χ0n) is 15.1. The molecule has 2 rings (SSSR count). The van der Waals surface area contributed by atoms with Crippen molar-refractivity contribution in [2.75, 3.05) is 13.7 Å². The topological polar surface area (TPSA) is 67.8 Å². The average Bonchev–Trinajstić information content (AvgIpc) is 2.65. The molecular formula is C18H23F2IN4O2. The van der Waals surface area contributed by atoms with Gasteiger partial charge >= 0.3 is 6.61 Å². The number of hydrogen-bond donors (Lipinski definition) is 2. The van der Waals surface area contributed by atoms with Crippen LogP contribution in [-0.2, 0) is 13.1 Å². The Morgan fingerprint density at radius 1 is 1.22 bits per heavy atom. The van der Waals surface area contributed by atoms with Crippen LogP contribution in [0, 0.1) is 0 Å². The van der Waals surface area contributed by atoms with Crippen molar-refractivity contribution in [1.82, 2.24) is 15.6 Å². The Hall–Kier alpha value is -2.17. The van der Waals surface area contributed by atoms with Gasteiger partial charge in [0, 0.05) is 18.3 Å². The molecule has 2 N–H and O–H groups in total. The summed E-state index contributed by atoms with van der Waals surface area (Å²) in [6.07, 6.45) is 1.71. The molecule has 0 saturated heterocycles. The van der Waals surface area contributed by atoms with E-state index in [0.717, 1.165) is 5.69 Å². The number of ether oxygens (including phenoxy) is 2. The van der Waals surface area contributed by atoms with Gasteiger partial charge in [0.1, 0.15) is 11.5 Å². The first-order valence-corrected chi connectivity index (χ1v) is 8.16. The normalized spacial score (nSPS) is 10.9. The third-order valence-corrected chi connectivity index (χ3v) is 3.40. The largest absolute Gasteiger partial charge is 0.497 e. The van der Waals surface area contributed by atoms with Crippen LogP contribution in [0.5, 0.6) is 11.5 Å². The summed E-state index contributed by atoms with van der Waals surface area (Å²) < 4.78 is 34.9. The van der Waals surface area contributed by atoms with E-state index in [1.807, 2.05) is 25.1 Å². The zero-order chi connectivity index (χ0) is 18.8. The first-order valence-electron chi connectivity index (χ1n) is 8.16. The van der Waals surface area contributed by atoms with E-state index in [1.54, 1.807) is 18.3 Å². The highest BCUT2D eigenvalue weighted by molar-refractivity contribution is 14.0. The predicted octanol–water partition coefficient (Wildman–Crippen LogP) is 3.56. The molecule has 1 aromatic carbocycles. The number of hydrogen-bond acceptors (Lipinski definition) is 4. The molecule has 0 aliphatic heterocycles. The summed E-state index contributed by atoms with van der Waals surface area (Å²) >= 11 is 0. The second-order valence-electron chi connectivity index (χ2n) is 5.22. The van der Waals surface area contributed by atoms with E-state index in [4.69, 9.17) is 4.74 Å². The van der Waals surface area contributed by atoms with Crippen molar-refractivity contribution in [3.05, 3.63) is 53.9 Å². The predicted molar refractivity (Wildman–Crippen MR) is 111 cm³/mol. The van der Waals surface area contributed by atoms with Gasteiger partial charge < -0.3 is 20.1 Å². The molecule has 0 aliphatic carbocycles. The molecule has 0 bridgehead atoms. The smallest absolute Gasteiger partial charge is 0.387 e. The van der Waals surface area contributed by atoms with Gasteiger partial charge in [-0.3, -0.25) is 4.98 Å². The van der Waals surface area contributed by atoms with Crippen LogP contribution in [0.25, 0.3) is 0 Å². The standard InChI is InChI=1S/C18H22F2N4O2.HI/c1-3-21-18(24-12-14-6-4-5-9-22-14)23-11-13-10-15(25-2)7-8-16(13)26-17(19)20;/h4-10,17H,3,11-12H2,1-2H3,(H2,21,23,24);1H. The lowest BCUT2D eigenvalue weighted by Gasteiger charge is -2.13. The monoisotopic (exact) mass is 492 g/mol. The van der Waals surface area contributed by atoms with Gasteiger partial charge in [-0.2, -0.15) is 8.78 Å². The van der Waals surface area contributed by atoms with Gasteiger partial charge in [0.15, 0.2) is 5.96 Å². The van der Waals surface area contributed by atoms with Gasteiger partial charge in [-0.25, -0.2) is 4.99 Å². The lowest BCUT2D eigenvalue weighted by molar-refractivity contribution is -0.0504. The first kappa shape index (κ1) is 22.9. The molecule has 2 aromatic rings. The van der Waals surface area contributed by atoms with Gasteiger partial charge in [-0.05, 0) is 37.3 Å². The summed E-state index contributed by atoms with van der Waals surface area (Å²) in [6, 6.07) is 10.3. The number of pyridine rings is 1. The van der Waals surface area contributed by atoms with E-state index < -0.39 is 6.61 Å². The number of nitrogens with one attached hydrogen (secondary N) is 2. The Kier molecular flexibility index (Phi) is 10.4. The molecule has 0 fully saturated rings. The summed E-state index contributed by atoms with van der Waals surface area (Å²) in [5, 5.41) is 6.26. The summed E-state index contributed by atoms with van der Waals surface area (Å²) in [5.74, 6) is 1.16. The fourth-order valence-electron chi connectivity index (χ4n) is 2.20. The fraction of sp³-hybridized carbons (Fsp3) is 0.333. The summed E-state index contributed by atoms with van der Waals surface area (Å²) in [7, 11) is 1.51. The number of nitrogens with zero attached hydrogens (tertiary/aromatic N) is 2. The lowest BCUT2D eigenvalue weighted by Crippen LogP contribution is -2.37.